The molecule has 1 rings (SSSR count). The van der Waals surface area contributed by atoms with Gasteiger partial charge in [0, 0.05) is 13.1 Å². The number of hydrogen-bond acceptors (Lipinski definition) is 3. The average molecular weight is 302 g/mol. The maximum absolute atomic E-state index is 6.27. The van der Waals surface area contributed by atoms with E-state index in [-0.39, 0.29) is 0 Å². The van der Waals surface area contributed by atoms with Crippen LogP contribution in [0.5, 0.6) is 0 Å². The summed E-state index contributed by atoms with van der Waals surface area (Å²) in [5, 5.41) is 12.5. The van der Waals surface area contributed by atoms with E-state index in [0.29, 0.717) is 10.3 Å². The molecule has 0 unspecified atom stereocenters. The van der Waals surface area contributed by atoms with Crippen molar-refractivity contribution in [2.24, 2.45) is 5.10 Å². The largest absolute Gasteiger partial charge is 0.362 e. The smallest absolute Gasteiger partial charge is 0.186 e. The zero-order valence-corrected chi connectivity index (χ0v) is 13.1. The lowest BCUT2D eigenvalue weighted by Gasteiger charge is -2.02. The van der Waals surface area contributed by atoms with E-state index in [1.54, 1.807) is 6.21 Å². The normalized spacial score (nSPS) is 10.9. The fraction of sp³-hybridized carbons (Fsp3) is 0.583. The molecule has 0 fully saturated rings. The van der Waals surface area contributed by atoms with Crippen molar-refractivity contribution in [1.29, 1.82) is 0 Å². The topological polar surface area (TPSA) is 54.2 Å². The Balaban J connectivity index is 2.70. The van der Waals surface area contributed by atoms with Crippen LogP contribution in [0.4, 0.5) is 0 Å². The van der Waals surface area contributed by atoms with Gasteiger partial charge in [-0.3, -0.25) is 10.1 Å². The number of aromatic nitrogens is 2. The molecule has 0 amide bonds. The lowest BCUT2D eigenvalue weighted by molar-refractivity contribution is 0.569. The highest BCUT2D eigenvalue weighted by Crippen LogP contribution is 2.18. The third-order valence-electron chi connectivity index (χ3n) is 2.53. The van der Waals surface area contributed by atoms with Crippen molar-refractivity contribution in [3.05, 3.63) is 16.4 Å². The van der Waals surface area contributed by atoms with Crippen LogP contribution < -0.4 is 10.7 Å². The number of hydrazone groups is 1. The van der Waals surface area contributed by atoms with E-state index in [2.05, 4.69) is 27.9 Å². The molecule has 0 bridgehead atoms. The first kappa shape index (κ1) is 15.9. The van der Waals surface area contributed by atoms with Crippen molar-refractivity contribution in [2.75, 3.05) is 6.54 Å². The molecule has 0 aromatic carbocycles. The molecule has 0 aliphatic rings. The lowest BCUT2D eigenvalue weighted by atomic mass is 10.3. The monoisotopic (exact) mass is 301 g/mol. The van der Waals surface area contributed by atoms with Crippen LogP contribution in [0.2, 0.25) is 5.15 Å². The molecule has 7 heteroatoms. The van der Waals surface area contributed by atoms with E-state index in [1.165, 1.54) is 0 Å². The number of unbranched alkanes of at least 4 members (excludes halogenated alkanes) is 1. The molecule has 0 saturated carbocycles. The number of halogens is 1. The second-order valence-electron chi connectivity index (χ2n) is 4.10. The minimum Gasteiger partial charge on any atom is -0.362 e. The third kappa shape index (κ3) is 4.80. The maximum Gasteiger partial charge on any atom is 0.186 e. The summed E-state index contributed by atoms with van der Waals surface area (Å²) in [5.74, 6) is 0. The van der Waals surface area contributed by atoms with Crippen LogP contribution in [0.15, 0.2) is 5.10 Å². The zero-order valence-electron chi connectivity index (χ0n) is 11.5. The predicted molar refractivity (Wildman–Crippen MR) is 83.9 cm³/mol. The molecule has 0 radical (unpaired) electrons. The Morgan fingerprint density at radius 2 is 2.26 bits per heavy atom. The Bertz CT molecular complexity index is 455. The van der Waals surface area contributed by atoms with Gasteiger partial charge in [0.2, 0.25) is 0 Å². The van der Waals surface area contributed by atoms with Gasteiger partial charge in [0.25, 0.3) is 0 Å². The summed E-state index contributed by atoms with van der Waals surface area (Å²) < 4.78 is 1.81. The Morgan fingerprint density at radius 3 is 2.89 bits per heavy atom. The molecular weight excluding hydrogens is 282 g/mol. The van der Waals surface area contributed by atoms with Crippen LogP contribution in [0.1, 0.15) is 37.9 Å². The van der Waals surface area contributed by atoms with Gasteiger partial charge in [-0.25, -0.2) is 0 Å². The minimum atomic E-state index is 0.492. The summed E-state index contributed by atoms with van der Waals surface area (Å²) in [6.45, 7) is 7.61. The molecule has 0 spiro atoms. The average Bonchev–Trinajstić information content (AvgIpc) is 2.64. The van der Waals surface area contributed by atoms with Crippen LogP contribution in [-0.4, -0.2) is 27.7 Å². The molecule has 106 valence electrons. The SMILES string of the molecule is CCCCn1nc(C)c(/C=N\NC(=S)NCC)c1Cl. The van der Waals surface area contributed by atoms with Gasteiger partial charge in [-0.15, -0.1) is 0 Å². The van der Waals surface area contributed by atoms with Crippen molar-refractivity contribution < 1.29 is 0 Å². The Hall–Kier alpha value is -1.14. The van der Waals surface area contributed by atoms with Gasteiger partial charge in [-0.05, 0) is 32.5 Å². The molecule has 1 aromatic heterocycles. The highest BCUT2D eigenvalue weighted by Gasteiger charge is 2.10. The van der Waals surface area contributed by atoms with Crippen molar-refractivity contribution in [3.63, 3.8) is 0 Å². The van der Waals surface area contributed by atoms with Gasteiger partial charge < -0.3 is 5.32 Å². The second kappa shape index (κ2) is 8.12. The molecule has 0 saturated heterocycles. The summed E-state index contributed by atoms with van der Waals surface area (Å²) in [5.41, 5.74) is 4.42. The molecule has 0 aliphatic carbocycles. The number of thiocarbonyl (C=S) groups is 1. The number of aryl methyl sites for hydroxylation is 2. The van der Waals surface area contributed by atoms with E-state index in [1.807, 2.05) is 18.5 Å². The summed E-state index contributed by atoms with van der Waals surface area (Å²) in [6.07, 6.45) is 3.81. The van der Waals surface area contributed by atoms with Crippen LogP contribution >= 0.6 is 23.8 Å². The van der Waals surface area contributed by atoms with E-state index >= 15 is 0 Å². The molecule has 1 aromatic rings. The quantitative estimate of drug-likeness (QED) is 0.481. The number of rotatable bonds is 6. The van der Waals surface area contributed by atoms with Gasteiger partial charge in [-0.1, -0.05) is 24.9 Å². The van der Waals surface area contributed by atoms with Crippen LogP contribution in [0.3, 0.4) is 0 Å². The predicted octanol–water partition coefficient (Wildman–Crippen LogP) is 2.46. The van der Waals surface area contributed by atoms with Crippen LogP contribution in [0.25, 0.3) is 0 Å². The first-order valence-corrected chi connectivity index (χ1v) is 7.18. The highest BCUT2D eigenvalue weighted by atomic mass is 35.5. The van der Waals surface area contributed by atoms with E-state index in [4.69, 9.17) is 23.8 Å². The minimum absolute atomic E-state index is 0.492. The van der Waals surface area contributed by atoms with Crippen molar-refractivity contribution in [1.82, 2.24) is 20.5 Å². The molecule has 0 aliphatic heterocycles. The Kier molecular flexibility index (Phi) is 6.80. The van der Waals surface area contributed by atoms with E-state index in [9.17, 15) is 0 Å². The Labute approximate surface area is 124 Å². The van der Waals surface area contributed by atoms with Gasteiger partial charge in [0.1, 0.15) is 5.15 Å². The summed E-state index contributed by atoms with van der Waals surface area (Å²) in [4.78, 5) is 0. The van der Waals surface area contributed by atoms with Crippen LogP contribution in [0, 0.1) is 6.92 Å². The fourth-order valence-corrected chi connectivity index (χ4v) is 2.03. The fourth-order valence-electron chi connectivity index (χ4n) is 1.53. The first-order chi connectivity index (χ1) is 9.10. The molecule has 1 heterocycles. The molecule has 0 atom stereocenters. The van der Waals surface area contributed by atoms with Crippen LogP contribution in [-0.2, 0) is 6.54 Å². The van der Waals surface area contributed by atoms with Crippen molar-refractivity contribution >= 4 is 35.1 Å². The molecule has 19 heavy (non-hydrogen) atoms. The summed E-state index contributed by atoms with van der Waals surface area (Å²) in [6, 6.07) is 0. The van der Waals surface area contributed by atoms with Crippen molar-refractivity contribution in [2.45, 2.75) is 40.2 Å². The number of nitrogens with one attached hydrogen (secondary N) is 2. The number of nitrogens with zero attached hydrogens (tertiary/aromatic N) is 3. The van der Waals surface area contributed by atoms with Gasteiger partial charge >= 0.3 is 0 Å². The molecule has 5 nitrogen and oxygen atoms in total. The van der Waals surface area contributed by atoms with E-state index in [0.717, 1.165) is 37.2 Å². The van der Waals surface area contributed by atoms with Crippen molar-refractivity contribution in [3.8, 4) is 0 Å². The lowest BCUT2D eigenvalue weighted by Crippen LogP contribution is -2.31. The maximum atomic E-state index is 6.27. The highest BCUT2D eigenvalue weighted by molar-refractivity contribution is 7.80. The summed E-state index contributed by atoms with van der Waals surface area (Å²) >= 11 is 11.3. The Morgan fingerprint density at radius 1 is 1.53 bits per heavy atom. The first-order valence-electron chi connectivity index (χ1n) is 6.39. The molecular formula is C12H20ClN5S. The molecule has 2 N–H and O–H groups in total. The summed E-state index contributed by atoms with van der Waals surface area (Å²) in [7, 11) is 0. The second-order valence-corrected chi connectivity index (χ2v) is 4.86. The van der Waals surface area contributed by atoms with Gasteiger partial charge in [0.05, 0.1) is 17.5 Å². The standard InChI is InChI=1S/C12H20ClN5S/c1-4-6-7-18-11(13)10(9(3)17-18)8-15-16-12(19)14-5-2/h8H,4-7H2,1-3H3,(H2,14,16,19)/b15-8-. The third-order valence-corrected chi connectivity index (χ3v) is 3.16. The zero-order chi connectivity index (χ0) is 14.3. The van der Waals surface area contributed by atoms with Gasteiger partial charge in [-0.2, -0.15) is 10.2 Å². The van der Waals surface area contributed by atoms with Gasteiger partial charge in [0.15, 0.2) is 5.11 Å². The number of hydrogen-bond donors (Lipinski definition) is 2. The van der Waals surface area contributed by atoms with E-state index < -0.39 is 0 Å².